The lowest BCUT2D eigenvalue weighted by atomic mass is 9.99. The van der Waals surface area contributed by atoms with Crippen LogP contribution in [0.4, 0.5) is 24.5 Å². The molecule has 0 N–H and O–H groups in total. The number of hydrogen-bond acceptors (Lipinski definition) is 4. The molecule has 0 unspecified atom stereocenters. The molecule has 6 aromatic carbocycles. The van der Waals surface area contributed by atoms with Gasteiger partial charge in [-0.25, -0.2) is 0 Å². The molecule has 0 fully saturated rings. The van der Waals surface area contributed by atoms with Crippen molar-refractivity contribution in [1.82, 2.24) is 4.57 Å². The van der Waals surface area contributed by atoms with Gasteiger partial charge in [0.2, 0.25) is 0 Å². The molecule has 0 spiro atoms. The van der Waals surface area contributed by atoms with Crippen LogP contribution in [0.25, 0.3) is 44.9 Å². The Hall–Kier alpha value is -6.33. The highest BCUT2D eigenvalue weighted by atomic mass is 79.9. The molecule has 0 saturated carbocycles. The average Bonchev–Trinajstić information content (AvgIpc) is 3.83. The van der Waals surface area contributed by atoms with Gasteiger partial charge in [-0.1, -0.05) is 101 Å². The Morgan fingerprint density at radius 3 is 1.87 bits per heavy atom. The fourth-order valence-corrected chi connectivity index (χ4v) is 6.45. The first-order valence-electron chi connectivity index (χ1n) is 16.7. The van der Waals surface area contributed by atoms with Gasteiger partial charge < -0.3 is 4.57 Å². The molecule has 8 rings (SSSR count). The number of rotatable bonds is 5. The maximum atomic E-state index is 13.4. The van der Waals surface area contributed by atoms with Gasteiger partial charge in [0.15, 0.2) is 0 Å². The highest BCUT2D eigenvalue weighted by molar-refractivity contribution is 9.10. The number of nitrogens with zero attached hydrogens (tertiary/aromatic N) is 3. The minimum atomic E-state index is -4.47. The van der Waals surface area contributed by atoms with E-state index in [0.717, 1.165) is 23.6 Å². The molecule has 1 heterocycles. The van der Waals surface area contributed by atoms with E-state index in [4.69, 9.17) is 0 Å². The molecule has 54 heavy (non-hydrogen) atoms. The number of benzene rings is 6. The number of allylic oxidation sites excluding steroid dienone is 1. The van der Waals surface area contributed by atoms with Crippen molar-refractivity contribution >= 4 is 44.3 Å². The molecule has 0 amide bonds. The van der Waals surface area contributed by atoms with Crippen LogP contribution in [0, 0.1) is 27.2 Å². The maximum absolute atomic E-state index is 13.4. The van der Waals surface area contributed by atoms with E-state index in [9.17, 15) is 33.4 Å². The Bertz CT molecular complexity index is 2510. The molecule has 1 aliphatic carbocycles. The van der Waals surface area contributed by atoms with Gasteiger partial charge in [0, 0.05) is 28.2 Å². The van der Waals surface area contributed by atoms with Crippen molar-refractivity contribution in [2.45, 2.75) is 19.5 Å². The summed E-state index contributed by atoms with van der Waals surface area (Å²) in [7, 11) is 0. The van der Waals surface area contributed by atoms with Crippen molar-refractivity contribution < 1.29 is 23.0 Å². The van der Waals surface area contributed by atoms with E-state index in [2.05, 4.69) is 41.1 Å². The predicted octanol–water partition coefficient (Wildman–Crippen LogP) is 12.8. The SMILES string of the molecule is Cc1ccccc1Br.O=[N+]([O-])c1ccccc1-c1ccc2c(c1)C=CC2.O=[N+]([O-])c1ccccc1-c1ccc2c(ccn2-c2ccccc2C(F)(F)F)c1. The quantitative estimate of drug-likeness (QED) is 0.128. The lowest BCUT2D eigenvalue weighted by Gasteiger charge is -2.14. The van der Waals surface area contributed by atoms with Crippen LogP contribution in [-0.4, -0.2) is 14.4 Å². The van der Waals surface area contributed by atoms with Gasteiger partial charge >= 0.3 is 6.18 Å². The molecule has 0 saturated heterocycles. The second kappa shape index (κ2) is 16.1. The second-order valence-corrected chi connectivity index (χ2v) is 13.1. The minimum Gasteiger partial charge on any atom is -0.316 e. The molecule has 0 bridgehead atoms. The first kappa shape index (κ1) is 37.4. The zero-order valence-corrected chi connectivity index (χ0v) is 30.3. The Morgan fingerprint density at radius 1 is 0.685 bits per heavy atom. The third kappa shape index (κ3) is 8.32. The molecule has 7 nitrogen and oxygen atoms in total. The Kier molecular flexibility index (Phi) is 11.2. The van der Waals surface area contributed by atoms with Crippen LogP contribution in [0.3, 0.4) is 0 Å². The van der Waals surface area contributed by atoms with E-state index >= 15 is 0 Å². The predicted molar refractivity (Wildman–Crippen MR) is 211 cm³/mol. The van der Waals surface area contributed by atoms with Crippen LogP contribution in [0.2, 0.25) is 0 Å². The van der Waals surface area contributed by atoms with Crippen LogP contribution in [0.1, 0.15) is 22.3 Å². The van der Waals surface area contributed by atoms with Crippen molar-refractivity contribution in [2.75, 3.05) is 0 Å². The van der Waals surface area contributed by atoms with Gasteiger partial charge in [0.25, 0.3) is 11.4 Å². The number of para-hydroxylation sites is 3. The molecular formula is C43H31BrF3N3O4. The van der Waals surface area contributed by atoms with Crippen LogP contribution in [0.15, 0.2) is 156 Å². The zero-order valence-electron chi connectivity index (χ0n) is 28.7. The van der Waals surface area contributed by atoms with E-state index in [1.54, 1.807) is 72.9 Å². The lowest BCUT2D eigenvalue weighted by Crippen LogP contribution is -2.10. The highest BCUT2D eigenvalue weighted by Gasteiger charge is 2.33. The van der Waals surface area contributed by atoms with E-state index in [0.29, 0.717) is 27.6 Å². The lowest BCUT2D eigenvalue weighted by molar-refractivity contribution is -0.384. The number of aryl methyl sites for hydroxylation is 1. The summed E-state index contributed by atoms with van der Waals surface area (Å²) in [4.78, 5) is 21.5. The molecule has 270 valence electrons. The fraction of sp³-hybridized carbons (Fsp3) is 0.0698. The van der Waals surface area contributed by atoms with Gasteiger partial charge in [-0.05, 0) is 95.8 Å². The van der Waals surface area contributed by atoms with Gasteiger partial charge in [-0.3, -0.25) is 20.2 Å². The van der Waals surface area contributed by atoms with Gasteiger partial charge in [0.05, 0.1) is 37.7 Å². The number of fused-ring (bicyclic) bond motifs is 2. The summed E-state index contributed by atoms with van der Waals surface area (Å²) in [5.41, 5.74) is 6.38. The Balaban J connectivity index is 0.000000162. The molecule has 0 aliphatic heterocycles. The number of nitro groups is 2. The van der Waals surface area contributed by atoms with Crippen LogP contribution in [-0.2, 0) is 12.6 Å². The van der Waals surface area contributed by atoms with Crippen molar-refractivity contribution in [3.8, 4) is 27.9 Å². The van der Waals surface area contributed by atoms with E-state index < -0.39 is 16.7 Å². The number of nitro benzene ring substituents is 2. The first-order valence-corrected chi connectivity index (χ1v) is 17.5. The summed E-state index contributed by atoms with van der Waals surface area (Å²) >= 11 is 3.40. The van der Waals surface area contributed by atoms with Crippen molar-refractivity contribution in [3.05, 3.63) is 199 Å². The van der Waals surface area contributed by atoms with Gasteiger partial charge in [0.1, 0.15) is 0 Å². The number of halogens is 4. The Morgan fingerprint density at radius 2 is 1.26 bits per heavy atom. The summed E-state index contributed by atoms with van der Waals surface area (Å²) in [6.07, 6.45) is 2.21. The number of aromatic nitrogens is 1. The standard InChI is InChI=1S/C21H13F3N2O2.C15H11NO2.C7H7Br/c22-21(23,24)17-6-2-4-8-20(17)25-12-11-15-13-14(9-10-18(15)25)16-5-1-3-7-19(16)26(27)28;17-16(18)15-7-2-1-6-14(15)13-9-8-11-4-3-5-12(11)10-13;1-6-4-2-3-5-7(6)8/h1-13H;1-3,5-10H,4H2;2-5H,1H3. The smallest absolute Gasteiger partial charge is 0.316 e. The maximum Gasteiger partial charge on any atom is 0.418 e. The first-order chi connectivity index (χ1) is 25.9. The molecule has 0 atom stereocenters. The van der Waals surface area contributed by atoms with E-state index in [1.165, 1.54) is 38.4 Å². The summed E-state index contributed by atoms with van der Waals surface area (Å²) in [5, 5.41) is 23.0. The highest BCUT2D eigenvalue weighted by Crippen LogP contribution is 2.37. The molecule has 1 aliphatic rings. The van der Waals surface area contributed by atoms with Crippen molar-refractivity contribution in [3.63, 3.8) is 0 Å². The Labute approximate surface area is 317 Å². The van der Waals surface area contributed by atoms with Crippen LogP contribution in [0.5, 0.6) is 0 Å². The van der Waals surface area contributed by atoms with E-state index in [-0.39, 0.29) is 22.0 Å². The molecule has 7 aromatic rings. The van der Waals surface area contributed by atoms with Crippen LogP contribution < -0.4 is 0 Å². The van der Waals surface area contributed by atoms with Crippen molar-refractivity contribution in [2.24, 2.45) is 0 Å². The molecular weight excluding hydrogens is 759 g/mol. The third-order valence-corrected chi connectivity index (χ3v) is 9.73. The summed E-state index contributed by atoms with van der Waals surface area (Å²) in [6.45, 7) is 2.07. The monoisotopic (exact) mass is 789 g/mol. The normalized spacial score (nSPS) is 11.6. The summed E-state index contributed by atoms with van der Waals surface area (Å²) in [5.74, 6) is 0. The van der Waals surface area contributed by atoms with Gasteiger partial charge in [-0.15, -0.1) is 0 Å². The number of alkyl halides is 3. The molecule has 0 radical (unpaired) electrons. The summed E-state index contributed by atoms with van der Waals surface area (Å²) < 4.78 is 42.8. The van der Waals surface area contributed by atoms with Crippen LogP contribution >= 0.6 is 15.9 Å². The zero-order chi connectivity index (χ0) is 38.4. The summed E-state index contributed by atoms with van der Waals surface area (Å²) in [6, 6.07) is 39.5. The minimum absolute atomic E-state index is 0.0244. The van der Waals surface area contributed by atoms with Gasteiger partial charge in [-0.2, -0.15) is 13.2 Å². The molecule has 11 heteroatoms. The average molecular weight is 791 g/mol. The third-order valence-electron chi connectivity index (χ3n) is 8.84. The topological polar surface area (TPSA) is 91.2 Å². The largest absolute Gasteiger partial charge is 0.418 e. The number of hydrogen-bond donors (Lipinski definition) is 0. The van der Waals surface area contributed by atoms with Crippen molar-refractivity contribution in [1.29, 1.82) is 0 Å². The molecule has 1 aromatic heterocycles. The fourth-order valence-electron chi connectivity index (χ4n) is 6.16. The second-order valence-electron chi connectivity index (χ2n) is 12.3. The van der Waals surface area contributed by atoms with E-state index in [1.807, 2.05) is 42.5 Å².